The average Bonchev–Trinajstić information content (AvgIpc) is 3.05. The van der Waals surface area contributed by atoms with Crippen LogP contribution in [0.2, 0.25) is 10.0 Å². The first-order valence-corrected chi connectivity index (χ1v) is 10.8. The van der Waals surface area contributed by atoms with E-state index in [0.717, 1.165) is 38.0 Å². The number of oxazole rings is 1. The highest BCUT2D eigenvalue weighted by molar-refractivity contribution is 6.42. The van der Waals surface area contributed by atoms with Crippen molar-refractivity contribution in [3.63, 3.8) is 0 Å². The summed E-state index contributed by atoms with van der Waals surface area (Å²) in [6.07, 6.45) is 2.02. The summed E-state index contributed by atoms with van der Waals surface area (Å²) in [7, 11) is 0. The molecular weight excluding hydrogens is 425 g/mol. The Morgan fingerprint density at radius 1 is 1.10 bits per heavy atom. The van der Waals surface area contributed by atoms with Gasteiger partial charge in [0.25, 0.3) is 0 Å². The normalized spacial score (nSPS) is 15.5. The summed E-state index contributed by atoms with van der Waals surface area (Å²) in [5.41, 5.74) is 2.38. The molecule has 0 radical (unpaired) electrons. The van der Waals surface area contributed by atoms with Crippen molar-refractivity contribution in [1.29, 1.82) is 0 Å². The Hall–Kier alpha value is -2.28. The molecule has 0 atom stereocenters. The molecule has 1 aliphatic heterocycles. The van der Waals surface area contributed by atoms with E-state index in [4.69, 9.17) is 27.6 Å². The van der Waals surface area contributed by atoms with E-state index in [1.165, 1.54) is 4.57 Å². The van der Waals surface area contributed by atoms with Crippen LogP contribution in [0.25, 0.3) is 11.1 Å². The number of aromatic nitrogens is 1. The zero-order valence-electron chi connectivity index (χ0n) is 16.4. The Labute approximate surface area is 184 Å². The molecule has 1 fully saturated rings. The van der Waals surface area contributed by atoms with E-state index >= 15 is 0 Å². The standard InChI is InChI=1S/C22H23Cl2N3O3/c23-17-6-5-15(13-18(17)24)14-26-10-7-16(8-11-26)25-21(28)9-12-27-19-3-1-2-4-20(19)30-22(27)29/h1-6,13,16H,7-12,14H2,(H,25,28). The Bertz CT molecular complexity index is 1100. The molecule has 1 aliphatic rings. The molecule has 0 aliphatic carbocycles. The minimum absolute atomic E-state index is 0.0462. The van der Waals surface area contributed by atoms with Crippen LogP contribution in [0.1, 0.15) is 24.8 Å². The molecule has 1 saturated heterocycles. The van der Waals surface area contributed by atoms with Crippen LogP contribution in [0.5, 0.6) is 0 Å². The van der Waals surface area contributed by atoms with Crippen LogP contribution in [0.3, 0.4) is 0 Å². The lowest BCUT2D eigenvalue weighted by molar-refractivity contribution is -0.122. The number of nitrogens with one attached hydrogen (secondary N) is 1. The third kappa shape index (κ3) is 4.89. The van der Waals surface area contributed by atoms with Crippen LogP contribution in [-0.2, 0) is 17.9 Å². The predicted octanol–water partition coefficient (Wildman–Crippen LogP) is 4.07. The first kappa shape index (κ1) is 21.0. The molecule has 0 spiro atoms. The van der Waals surface area contributed by atoms with E-state index in [0.29, 0.717) is 27.7 Å². The van der Waals surface area contributed by atoms with Gasteiger partial charge in [-0.05, 0) is 42.7 Å². The van der Waals surface area contributed by atoms with E-state index in [2.05, 4.69) is 10.2 Å². The van der Waals surface area contributed by atoms with Crippen LogP contribution < -0.4 is 11.1 Å². The van der Waals surface area contributed by atoms with Gasteiger partial charge in [-0.1, -0.05) is 41.4 Å². The molecule has 0 bridgehead atoms. The molecule has 1 N–H and O–H groups in total. The molecule has 6 nitrogen and oxygen atoms in total. The van der Waals surface area contributed by atoms with Crippen molar-refractivity contribution in [3.05, 3.63) is 68.6 Å². The summed E-state index contributed by atoms with van der Waals surface area (Å²) in [6, 6.07) is 13.1. The molecule has 1 aromatic heterocycles. The first-order valence-electron chi connectivity index (χ1n) is 10.0. The number of hydrogen-bond acceptors (Lipinski definition) is 4. The van der Waals surface area contributed by atoms with Crippen molar-refractivity contribution in [2.75, 3.05) is 13.1 Å². The van der Waals surface area contributed by atoms with Crippen LogP contribution >= 0.6 is 23.2 Å². The number of benzene rings is 2. The van der Waals surface area contributed by atoms with Gasteiger partial charge < -0.3 is 9.73 Å². The molecule has 2 heterocycles. The fraction of sp³-hybridized carbons (Fsp3) is 0.364. The molecule has 0 saturated carbocycles. The van der Waals surface area contributed by atoms with Gasteiger partial charge in [0.2, 0.25) is 5.91 Å². The summed E-state index contributed by atoms with van der Waals surface area (Å²) in [5.74, 6) is -0.477. The van der Waals surface area contributed by atoms with Crippen molar-refractivity contribution in [2.24, 2.45) is 0 Å². The fourth-order valence-corrected chi connectivity index (χ4v) is 4.19. The maximum atomic E-state index is 12.4. The molecule has 0 unspecified atom stereocenters. The second-order valence-corrected chi connectivity index (χ2v) is 8.42. The maximum absolute atomic E-state index is 12.4. The SMILES string of the molecule is O=C(CCn1c(=O)oc2ccccc21)NC1CCN(Cc2ccc(Cl)c(Cl)c2)CC1. The van der Waals surface area contributed by atoms with Crippen molar-refractivity contribution < 1.29 is 9.21 Å². The number of likely N-dealkylation sites (tertiary alicyclic amines) is 1. The molecule has 4 rings (SSSR count). The number of halogens is 2. The van der Waals surface area contributed by atoms with Crippen LogP contribution in [-0.4, -0.2) is 34.5 Å². The predicted molar refractivity (Wildman–Crippen MR) is 118 cm³/mol. The van der Waals surface area contributed by atoms with Gasteiger partial charge in [-0.2, -0.15) is 0 Å². The number of piperidine rings is 1. The third-order valence-corrected chi connectivity index (χ3v) is 6.22. The van der Waals surface area contributed by atoms with Gasteiger partial charge in [-0.3, -0.25) is 14.3 Å². The smallest absolute Gasteiger partial charge is 0.408 e. The second-order valence-electron chi connectivity index (χ2n) is 7.60. The van der Waals surface area contributed by atoms with Crippen LogP contribution in [0, 0.1) is 0 Å². The molecular formula is C22H23Cl2N3O3. The van der Waals surface area contributed by atoms with Gasteiger partial charge in [-0.15, -0.1) is 0 Å². The lowest BCUT2D eigenvalue weighted by Crippen LogP contribution is -2.44. The van der Waals surface area contributed by atoms with Gasteiger partial charge in [0.1, 0.15) is 0 Å². The van der Waals surface area contributed by atoms with E-state index < -0.39 is 5.76 Å². The molecule has 3 aromatic rings. The Morgan fingerprint density at radius 3 is 2.63 bits per heavy atom. The lowest BCUT2D eigenvalue weighted by atomic mass is 10.0. The Kier molecular flexibility index (Phi) is 6.46. The molecule has 158 valence electrons. The summed E-state index contributed by atoms with van der Waals surface area (Å²) in [5, 5.41) is 4.23. The molecule has 30 heavy (non-hydrogen) atoms. The summed E-state index contributed by atoms with van der Waals surface area (Å²) in [6.45, 7) is 2.92. The van der Waals surface area contributed by atoms with Gasteiger partial charge in [0.15, 0.2) is 5.58 Å². The number of rotatable bonds is 6. The molecule has 8 heteroatoms. The van der Waals surface area contributed by atoms with E-state index in [9.17, 15) is 9.59 Å². The maximum Gasteiger partial charge on any atom is 0.419 e. The van der Waals surface area contributed by atoms with Crippen LogP contribution in [0.4, 0.5) is 0 Å². The van der Waals surface area contributed by atoms with Gasteiger partial charge >= 0.3 is 5.76 Å². The number of carbonyl (C=O) groups excluding carboxylic acids is 1. The van der Waals surface area contributed by atoms with Gasteiger partial charge in [0.05, 0.1) is 15.6 Å². The van der Waals surface area contributed by atoms with Crippen molar-refractivity contribution in [3.8, 4) is 0 Å². The first-order chi connectivity index (χ1) is 14.5. The second kappa shape index (κ2) is 9.25. The van der Waals surface area contributed by atoms with E-state index in [-0.39, 0.29) is 18.4 Å². The van der Waals surface area contributed by atoms with Crippen molar-refractivity contribution in [2.45, 2.75) is 38.4 Å². The topological polar surface area (TPSA) is 67.5 Å². The lowest BCUT2D eigenvalue weighted by Gasteiger charge is -2.32. The van der Waals surface area contributed by atoms with E-state index in [1.54, 1.807) is 6.07 Å². The number of amides is 1. The largest absolute Gasteiger partial charge is 0.419 e. The van der Waals surface area contributed by atoms with Crippen molar-refractivity contribution >= 4 is 40.2 Å². The third-order valence-electron chi connectivity index (χ3n) is 5.48. The van der Waals surface area contributed by atoms with Gasteiger partial charge in [0, 0.05) is 38.6 Å². The zero-order chi connectivity index (χ0) is 21.1. The van der Waals surface area contributed by atoms with Crippen LogP contribution in [0.15, 0.2) is 51.7 Å². The quantitative estimate of drug-likeness (QED) is 0.618. The number of hydrogen-bond donors (Lipinski definition) is 1. The summed E-state index contributed by atoms with van der Waals surface area (Å²) >= 11 is 12.1. The number of fused-ring (bicyclic) bond motifs is 1. The number of carbonyl (C=O) groups is 1. The minimum Gasteiger partial charge on any atom is -0.408 e. The summed E-state index contributed by atoms with van der Waals surface area (Å²) in [4.78, 5) is 26.8. The van der Waals surface area contributed by atoms with Crippen molar-refractivity contribution in [1.82, 2.24) is 14.8 Å². The molecule has 1 amide bonds. The van der Waals surface area contributed by atoms with E-state index in [1.807, 2.05) is 36.4 Å². The minimum atomic E-state index is -0.431. The highest BCUT2D eigenvalue weighted by Crippen LogP contribution is 2.24. The van der Waals surface area contributed by atoms with Gasteiger partial charge in [-0.25, -0.2) is 4.79 Å². The average molecular weight is 448 g/mol. The monoisotopic (exact) mass is 447 g/mol. The zero-order valence-corrected chi connectivity index (χ0v) is 18.0. The summed E-state index contributed by atoms with van der Waals surface area (Å²) < 4.78 is 6.72. The highest BCUT2D eigenvalue weighted by atomic mass is 35.5. The fourth-order valence-electron chi connectivity index (χ4n) is 3.87. The Morgan fingerprint density at radius 2 is 1.87 bits per heavy atom. The highest BCUT2D eigenvalue weighted by Gasteiger charge is 2.21. The number of nitrogens with zero attached hydrogens (tertiary/aromatic N) is 2. The number of para-hydroxylation sites is 2. The number of aryl methyl sites for hydroxylation is 1. The Balaban J connectivity index is 1.24. The molecule has 2 aromatic carbocycles.